The number of aromatic hydroxyl groups is 1. The van der Waals surface area contributed by atoms with Gasteiger partial charge in [0.2, 0.25) is 0 Å². The van der Waals surface area contributed by atoms with E-state index in [9.17, 15) is 9.50 Å². The molecule has 3 heteroatoms. The lowest BCUT2D eigenvalue weighted by molar-refractivity contribution is 0.183. The van der Waals surface area contributed by atoms with Crippen LogP contribution in [-0.4, -0.2) is 5.11 Å². The predicted molar refractivity (Wildman–Crippen MR) is 80.0 cm³/mol. The molecule has 1 heterocycles. The van der Waals surface area contributed by atoms with Crippen LogP contribution in [0.1, 0.15) is 42.9 Å². The molecule has 0 radical (unpaired) electrons. The fourth-order valence-corrected chi connectivity index (χ4v) is 2.83. The topological polar surface area (TPSA) is 29.5 Å². The smallest absolute Gasteiger partial charge is 0.165 e. The largest absolute Gasteiger partial charge is 0.508 e. The molecule has 0 saturated carbocycles. The van der Waals surface area contributed by atoms with Crippen molar-refractivity contribution in [3.05, 3.63) is 59.4 Å². The van der Waals surface area contributed by atoms with Gasteiger partial charge in [0, 0.05) is 0 Å². The van der Waals surface area contributed by atoms with E-state index in [1.165, 1.54) is 6.07 Å². The highest BCUT2D eigenvalue weighted by Crippen LogP contribution is 2.34. The molecule has 1 unspecified atom stereocenters. The van der Waals surface area contributed by atoms with Crippen molar-refractivity contribution >= 4 is 0 Å². The summed E-state index contributed by atoms with van der Waals surface area (Å²) in [7, 11) is 0. The normalized spacial score (nSPS) is 18.8. The number of phenols is 1. The van der Waals surface area contributed by atoms with Crippen molar-refractivity contribution in [2.45, 2.75) is 38.2 Å². The maximum Gasteiger partial charge on any atom is 0.165 e. The molecule has 2 aromatic carbocycles. The minimum Gasteiger partial charge on any atom is -0.508 e. The second-order valence-corrected chi connectivity index (χ2v) is 5.53. The summed E-state index contributed by atoms with van der Waals surface area (Å²) in [5.41, 5.74) is 1.92. The molecule has 0 aliphatic carbocycles. The molecule has 0 spiro atoms. The molecule has 0 saturated heterocycles. The third-order valence-corrected chi connectivity index (χ3v) is 3.99. The van der Waals surface area contributed by atoms with Crippen LogP contribution < -0.4 is 4.74 Å². The summed E-state index contributed by atoms with van der Waals surface area (Å²) in [5.74, 6) is 0.323. The first-order valence-corrected chi connectivity index (χ1v) is 7.47. The lowest BCUT2D eigenvalue weighted by atomic mass is 10.0. The molecule has 2 aromatic rings. The Kier molecular flexibility index (Phi) is 4.09. The molecule has 0 aromatic heterocycles. The van der Waals surface area contributed by atoms with Crippen LogP contribution in [0.3, 0.4) is 0 Å². The van der Waals surface area contributed by atoms with E-state index in [0.29, 0.717) is 5.75 Å². The highest BCUT2D eigenvalue weighted by Gasteiger charge is 2.19. The minimum absolute atomic E-state index is 0.167. The van der Waals surface area contributed by atoms with E-state index in [-0.39, 0.29) is 17.7 Å². The monoisotopic (exact) mass is 286 g/mol. The van der Waals surface area contributed by atoms with Crippen LogP contribution >= 0.6 is 0 Å². The molecule has 1 N–H and O–H groups in total. The van der Waals surface area contributed by atoms with Gasteiger partial charge in [0.25, 0.3) is 0 Å². The van der Waals surface area contributed by atoms with Crippen LogP contribution in [0.25, 0.3) is 0 Å². The number of para-hydroxylation sites is 1. The zero-order chi connectivity index (χ0) is 14.7. The summed E-state index contributed by atoms with van der Waals surface area (Å²) in [6, 6.07) is 12.1. The fourth-order valence-electron chi connectivity index (χ4n) is 2.83. The number of ether oxygens (including phenoxy) is 1. The van der Waals surface area contributed by atoms with Crippen LogP contribution in [0.5, 0.6) is 11.5 Å². The standard InChI is InChI=1S/C18H19FO2/c19-16-7-4-6-14-5-2-1-3-8-17(21-18(14)16)13-9-11-15(20)12-10-13/h4,6-7,9-12,17,20H,1-3,5,8H2. The first-order valence-electron chi connectivity index (χ1n) is 7.47. The summed E-state index contributed by atoms with van der Waals surface area (Å²) < 4.78 is 20.1. The van der Waals surface area contributed by atoms with Crippen LogP contribution in [0.2, 0.25) is 0 Å². The Morgan fingerprint density at radius 3 is 2.62 bits per heavy atom. The van der Waals surface area contributed by atoms with Gasteiger partial charge in [0.05, 0.1) is 0 Å². The van der Waals surface area contributed by atoms with Crippen LogP contribution in [-0.2, 0) is 6.42 Å². The predicted octanol–water partition coefficient (Wildman–Crippen LogP) is 4.77. The van der Waals surface area contributed by atoms with E-state index in [1.807, 2.05) is 18.2 Å². The average Bonchev–Trinajstić information content (AvgIpc) is 2.59. The zero-order valence-corrected chi connectivity index (χ0v) is 11.9. The van der Waals surface area contributed by atoms with Gasteiger partial charge in [0.15, 0.2) is 11.6 Å². The Hall–Kier alpha value is -2.03. The Bertz CT molecular complexity index is 607. The molecule has 3 rings (SSSR count). The number of hydrogen-bond donors (Lipinski definition) is 1. The third kappa shape index (κ3) is 3.18. The minimum atomic E-state index is -0.293. The molecular weight excluding hydrogens is 267 g/mol. The summed E-state index contributed by atoms with van der Waals surface area (Å²) in [6.07, 6.45) is 4.78. The molecule has 1 atom stereocenters. The highest BCUT2D eigenvalue weighted by molar-refractivity contribution is 5.36. The van der Waals surface area contributed by atoms with E-state index in [2.05, 4.69) is 0 Å². The molecule has 110 valence electrons. The number of hydrogen-bond acceptors (Lipinski definition) is 2. The SMILES string of the molecule is Oc1ccc(C2CCCCCc3cccc(F)c3O2)cc1. The third-order valence-electron chi connectivity index (χ3n) is 3.99. The zero-order valence-electron chi connectivity index (χ0n) is 11.9. The van der Waals surface area contributed by atoms with Crippen molar-refractivity contribution in [3.63, 3.8) is 0 Å². The van der Waals surface area contributed by atoms with Crippen molar-refractivity contribution in [1.82, 2.24) is 0 Å². The van der Waals surface area contributed by atoms with Gasteiger partial charge in [-0.2, -0.15) is 0 Å². The van der Waals surface area contributed by atoms with Gasteiger partial charge in [-0.05, 0) is 55.0 Å². The van der Waals surface area contributed by atoms with Crippen molar-refractivity contribution in [2.75, 3.05) is 0 Å². The van der Waals surface area contributed by atoms with E-state index >= 15 is 0 Å². The maximum absolute atomic E-state index is 14.1. The first kappa shape index (κ1) is 13.9. The number of benzene rings is 2. The van der Waals surface area contributed by atoms with E-state index < -0.39 is 0 Å². The second-order valence-electron chi connectivity index (χ2n) is 5.53. The Labute approximate surface area is 124 Å². The Balaban J connectivity index is 1.94. The van der Waals surface area contributed by atoms with E-state index in [0.717, 1.165) is 43.2 Å². The lowest BCUT2D eigenvalue weighted by Crippen LogP contribution is -2.09. The van der Waals surface area contributed by atoms with Crippen LogP contribution in [0, 0.1) is 5.82 Å². The molecule has 0 bridgehead atoms. The Morgan fingerprint density at radius 1 is 1.00 bits per heavy atom. The van der Waals surface area contributed by atoms with Gasteiger partial charge >= 0.3 is 0 Å². The fraction of sp³-hybridized carbons (Fsp3) is 0.333. The molecule has 2 nitrogen and oxygen atoms in total. The quantitative estimate of drug-likeness (QED) is 0.818. The van der Waals surface area contributed by atoms with E-state index in [4.69, 9.17) is 4.74 Å². The van der Waals surface area contributed by atoms with Gasteiger partial charge in [-0.3, -0.25) is 0 Å². The van der Waals surface area contributed by atoms with Crippen molar-refractivity contribution < 1.29 is 14.2 Å². The van der Waals surface area contributed by atoms with Crippen molar-refractivity contribution in [3.8, 4) is 11.5 Å². The summed E-state index contributed by atoms with van der Waals surface area (Å²) in [6.45, 7) is 0. The van der Waals surface area contributed by atoms with Gasteiger partial charge < -0.3 is 9.84 Å². The summed E-state index contributed by atoms with van der Waals surface area (Å²) in [5, 5.41) is 9.40. The number of halogens is 1. The number of fused-ring (bicyclic) bond motifs is 1. The summed E-state index contributed by atoms with van der Waals surface area (Å²) >= 11 is 0. The molecule has 0 amide bonds. The van der Waals surface area contributed by atoms with E-state index in [1.54, 1.807) is 18.2 Å². The lowest BCUT2D eigenvalue weighted by Gasteiger charge is -2.20. The number of phenolic OH excluding ortho intramolecular Hbond substituents is 1. The summed E-state index contributed by atoms with van der Waals surface area (Å²) in [4.78, 5) is 0. The molecular formula is C18H19FO2. The second kappa shape index (κ2) is 6.17. The molecule has 21 heavy (non-hydrogen) atoms. The molecule has 1 aliphatic rings. The average molecular weight is 286 g/mol. The molecule has 0 fully saturated rings. The van der Waals surface area contributed by atoms with Crippen LogP contribution in [0.4, 0.5) is 4.39 Å². The van der Waals surface area contributed by atoms with Crippen molar-refractivity contribution in [1.29, 1.82) is 0 Å². The van der Waals surface area contributed by atoms with Gasteiger partial charge in [-0.25, -0.2) is 4.39 Å². The number of rotatable bonds is 1. The molecule has 1 aliphatic heterocycles. The number of aryl methyl sites for hydroxylation is 1. The maximum atomic E-state index is 14.1. The van der Waals surface area contributed by atoms with Crippen molar-refractivity contribution in [2.24, 2.45) is 0 Å². The highest BCUT2D eigenvalue weighted by atomic mass is 19.1. The van der Waals surface area contributed by atoms with Crippen LogP contribution in [0.15, 0.2) is 42.5 Å². The van der Waals surface area contributed by atoms with Gasteiger partial charge in [0.1, 0.15) is 11.9 Å². The van der Waals surface area contributed by atoms with Gasteiger partial charge in [-0.1, -0.05) is 30.7 Å². The first-order chi connectivity index (χ1) is 10.2. The Morgan fingerprint density at radius 2 is 1.81 bits per heavy atom. The van der Waals surface area contributed by atoms with Gasteiger partial charge in [-0.15, -0.1) is 0 Å².